The monoisotopic (exact) mass is 263 g/mol. The highest BCUT2D eigenvalue weighted by molar-refractivity contribution is 6.31. The topological polar surface area (TPSA) is 43.1 Å². The molecule has 0 radical (unpaired) electrons. The molecule has 0 aliphatic heterocycles. The van der Waals surface area contributed by atoms with Gasteiger partial charge in [-0.3, -0.25) is 4.79 Å². The van der Waals surface area contributed by atoms with Crippen LogP contribution >= 0.6 is 11.6 Å². The number of anilines is 1. The molecule has 4 heteroatoms. The van der Waals surface area contributed by atoms with Gasteiger partial charge in [0.1, 0.15) is 5.82 Å². The highest BCUT2D eigenvalue weighted by atomic mass is 35.5. The maximum Gasteiger partial charge on any atom is 0.195 e. The summed E-state index contributed by atoms with van der Waals surface area (Å²) in [7, 11) is 0. The van der Waals surface area contributed by atoms with E-state index in [1.54, 1.807) is 19.1 Å². The Labute approximate surface area is 109 Å². The molecular formula is C14H11ClFNO. The molecule has 0 amide bonds. The molecule has 0 saturated heterocycles. The molecule has 2 rings (SSSR count). The van der Waals surface area contributed by atoms with E-state index in [1.165, 1.54) is 24.3 Å². The highest BCUT2D eigenvalue weighted by Gasteiger charge is 2.15. The van der Waals surface area contributed by atoms with Crippen LogP contribution < -0.4 is 5.73 Å². The summed E-state index contributed by atoms with van der Waals surface area (Å²) in [4.78, 5) is 12.3. The van der Waals surface area contributed by atoms with E-state index in [0.717, 1.165) is 0 Å². The summed E-state index contributed by atoms with van der Waals surface area (Å²) in [6, 6.07) is 8.73. The van der Waals surface area contributed by atoms with Crippen molar-refractivity contribution >= 4 is 23.1 Å². The molecule has 0 aliphatic rings. The van der Waals surface area contributed by atoms with Gasteiger partial charge in [-0.15, -0.1) is 0 Å². The fraction of sp³-hybridized carbons (Fsp3) is 0.0714. The number of carbonyl (C=O) groups excluding carboxylic acids is 1. The van der Waals surface area contributed by atoms with Crippen LogP contribution in [0.2, 0.25) is 5.02 Å². The zero-order valence-electron chi connectivity index (χ0n) is 9.71. The lowest BCUT2D eigenvalue weighted by Crippen LogP contribution is -2.07. The Balaban J connectivity index is 2.48. The molecule has 0 heterocycles. The van der Waals surface area contributed by atoms with Gasteiger partial charge in [0.05, 0.1) is 0 Å². The van der Waals surface area contributed by atoms with Crippen LogP contribution in [0.1, 0.15) is 21.5 Å². The molecule has 0 atom stereocenters. The summed E-state index contributed by atoms with van der Waals surface area (Å²) in [5, 5.41) is 0.472. The maximum absolute atomic E-state index is 13.0. The lowest BCUT2D eigenvalue weighted by atomic mass is 9.98. The molecule has 0 aromatic heterocycles. The molecule has 0 saturated carbocycles. The third-order valence-electron chi connectivity index (χ3n) is 2.69. The van der Waals surface area contributed by atoms with Crippen molar-refractivity contribution in [2.24, 2.45) is 0 Å². The van der Waals surface area contributed by atoms with Crippen LogP contribution in [-0.2, 0) is 0 Å². The van der Waals surface area contributed by atoms with Crippen LogP contribution in [0.3, 0.4) is 0 Å². The number of carbonyl (C=O) groups is 1. The van der Waals surface area contributed by atoms with Crippen molar-refractivity contribution in [3.05, 3.63) is 63.9 Å². The van der Waals surface area contributed by atoms with Crippen molar-refractivity contribution in [2.75, 3.05) is 5.73 Å². The van der Waals surface area contributed by atoms with Crippen molar-refractivity contribution in [3.8, 4) is 0 Å². The Morgan fingerprint density at radius 3 is 2.44 bits per heavy atom. The lowest BCUT2D eigenvalue weighted by Gasteiger charge is -2.08. The van der Waals surface area contributed by atoms with E-state index in [0.29, 0.717) is 27.4 Å². The molecule has 0 fully saturated rings. The number of benzene rings is 2. The summed E-state index contributed by atoms with van der Waals surface area (Å²) < 4.78 is 13.0. The first-order chi connectivity index (χ1) is 8.49. The molecule has 2 aromatic carbocycles. The Kier molecular flexibility index (Phi) is 3.34. The van der Waals surface area contributed by atoms with Crippen molar-refractivity contribution in [2.45, 2.75) is 6.92 Å². The molecule has 2 nitrogen and oxygen atoms in total. The zero-order valence-corrected chi connectivity index (χ0v) is 10.5. The van der Waals surface area contributed by atoms with Crippen LogP contribution in [-0.4, -0.2) is 5.78 Å². The van der Waals surface area contributed by atoms with E-state index in [4.69, 9.17) is 17.3 Å². The number of hydrogen-bond acceptors (Lipinski definition) is 2. The van der Waals surface area contributed by atoms with Gasteiger partial charge in [0.25, 0.3) is 0 Å². The van der Waals surface area contributed by atoms with Gasteiger partial charge in [-0.2, -0.15) is 0 Å². The fourth-order valence-electron chi connectivity index (χ4n) is 1.77. The van der Waals surface area contributed by atoms with Gasteiger partial charge >= 0.3 is 0 Å². The van der Waals surface area contributed by atoms with Gasteiger partial charge < -0.3 is 5.73 Å². The molecular weight excluding hydrogens is 253 g/mol. The quantitative estimate of drug-likeness (QED) is 0.664. The molecule has 92 valence electrons. The van der Waals surface area contributed by atoms with Crippen molar-refractivity contribution < 1.29 is 9.18 Å². The number of nitrogen functional groups attached to an aromatic ring is 1. The molecule has 0 spiro atoms. The van der Waals surface area contributed by atoms with Crippen molar-refractivity contribution in [3.63, 3.8) is 0 Å². The maximum atomic E-state index is 13.0. The van der Waals surface area contributed by atoms with E-state index in [2.05, 4.69) is 0 Å². The first-order valence-corrected chi connectivity index (χ1v) is 5.72. The van der Waals surface area contributed by atoms with Crippen molar-refractivity contribution in [1.82, 2.24) is 0 Å². The minimum Gasteiger partial charge on any atom is -0.398 e. The minimum absolute atomic E-state index is 0.235. The van der Waals surface area contributed by atoms with Gasteiger partial charge in [0, 0.05) is 21.8 Å². The van der Waals surface area contributed by atoms with Crippen LogP contribution in [0, 0.1) is 12.7 Å². The molecule has 0 bridgehead atoms. The number of halogens is 2. The van der Waals surface area contributed by atoms with Crippen LogP contribution in [0.15, 0.2) is 36.4 Å². The lowest BCUT2D eigenvalue weighted by molar-refractivity contribution is 0.103. The minimum atomic E-state index is -0.367. The summed E-state index contributed by atoms with van der Waals surface area (Å²) in [5.41, 5.74) is 7.46. The third kappa shape index (κ3) is 2.36. The van der Waals surface area contributed by atoms with Gasteiger partial charge in [0.15, 0.2) is 5.78 Å². The number of nitrogens with two attached hydrogens (primary N) is 1. The second-order valence-corrected chi connectivity index (χ2v) is 4.46. The predicted molar refractivity (Wildman–Crippen MR) is 70.4 cm³/mol. The Morgan fingerprint density at radius 2 is 1.83 bits per heavy atom. The summed E-state index contributed by atoms with van der Waals surface area (Å²) in [6.07, 6.45) is 0. The average Bonchev–Trinajstić information content (AvgIpc) is 2.28. The Hall–Kier alpha value is -1.87. The van der Waals surface area contributed by atoms with E-state index >= 15 is 0 Å². The van der Waals surface area contributed by atoms with Gasteiger partial charge in [-0.25, -0.2) is 4.39 Å². The molecule has 0 unspecified atom stereocenters. The summed E-state index contributed by atoms with van der Waals surface area (Å²) in [5.74, 6) is -0.602. The average molecular weight is 264 g/mol. The van der Waals surface area contributed by atoms with Gasteiger partial charge in [-0.1, -0.05) is 11.6 Å². The van der Waals surface area contributed by atoms with Crippen molar-refractivity contribution in [1.29, 1.82) is 0 Å². The highest BCUT2D eigenvalue weighted by Crippen LogP contribution is 2.22. The molecule has 2 aromatic rings. The second-order valence-electron chi connectivity index (χ2n) is 4.02. The smallest absolute Gasteiger partial charge is 0.195 e. The summed E-state index contributed by atoms with van der Waals surface area (Å²) in [6.45, 7) is 1.68. The number of ketones is 1. The predicted octanol–water partition coefficient (Wildman–Crippen LogP) is 3.60. The van der Waals surface area contributed by atoms with E-state index in [-0.39, 0.29) is 11.6 Å². The molecule has 18 heavy (non-hydrogen) atoms. The first-order valence-electron chi connectivity index (χ1n) is 5.35. The normalized spacial score (nSPS) is 10.4. The number of hydrogen-bond donors (Lipinski definition) is 1. The number of rotatable bonds is 2. The summed E-state index contributed by atoms with van der Waals surface area (Å²) >= 11 is 5.78. The first kappa shape index (κ1) is 12.6. The Bertz CT molecular complexity index is 572. The SMILES string of the molecule is Cc1cc(F)ccc1C(=O)c1ccc(Cl)cc1N. The van der Waals surface area contributed by atoms with E-state index in [9.17, 15) is 9.18 Å². The number of aryl methyl sites for hydroxylation is 1. The second kappa shape index (κ2) is 4.78. The Morgan fingerprint density at radius 1 is 1.17 bits per heavy atom. The van der Waals surface area contributed by atoms with E-state index in [1.807, 2.05) is 0 Å². The van der Waals surface area contributed by atoms with Crippen LogP contribution in [0.5, 0.6) is 0 Å². The molecule has 2 N–H and O–H groups in total. The van der Waals surface area contributed by atoms with Gasteiger partial charge in [-0.05, 0) is 48.9 Å². The van der Waals surface area contributed by atoms with Gasteiger partial charge in [0.2, 0.25) is 0 Å². The largest absolute Gasteiger partial charge is 0.398 e. The van der Waals surface area contributed by atoms with Crippen LogP contribution in [0.4, 0.5) is 10.1 Å². The molecule has 0 aliphatic carbocycles. The zero-order chi connectivity index (χ0) is 13.3. The van der Waals surface area contributed by atoms with E-state index < -0.39 is 0 Å². The fourth-order valence-corrected chi connectivity index (χ4v) is 1.95. The van der Waals surface area contributed by atoms with Crippen LogP contribution in [0.25, 0.3) is 0 Å². The standard InChI is InChI=1S/C14H11ClFNO/c1-8-6-10(16)3-5-11(8)14(18)12-4-2-9(15)7-13(12)17/h2-7H,17H2,1H3. The third-order valence-corrected chi connectivity index (χ3v) is 2.93.